The molecule has 0 aliphatic carbocycles. The molecule has 0 heterocycles. The van der Waals surface area contributed by atoms with Crippen molar-refractivity contribution in [1.82, 2.24) is 0 Å². The summed E-state index contributed by atoms with van der Waals surface area (Å²) in [6.45, 7) is 1.53. The first-order chi connectivity index (χ1) is 5.41. The van der Waals surface area contributed by atoms with E-state index in [9.17, 15) is 0 Å². The van der Waals surface area contributed by atoms with Gasteiger partial charge in [-0.15, -0.1) is 22.2 Å². The Bertz CT molecular complexity index is 291. The molecule has 1 aromatic rings. The zero-order valence-electron chi connectivity index (χ0n) is 6.87. The van der Waals surface area contributed by atoms with Gasteiger partial charge in [0.05, 0.1) is 0 Å². The minimum absolute atomic E-state index is 0.675. The Labute approximate surface area is 87.9 Å². The van der Waals surface area contributed by atoms with Crippen LogP contribution in [0.1, 0.15) is 5.56 Å². The molecule has 0 aromatic heterocycles. The van der Waals surface area contributed by atoms with E-state index < -0.39 is 6.69 Å². The molecule has 0 N–H and O–H groups in total. The normalized spacial score (nSPS) is 11.8. The Kier molecular flexibility index (Phi) is 3.10. The van der Waals surface area contributed by atoms with Crippen molar-refractivity contribution in [1.29, 1.82) is 0 Å². The van der Waals surface area contributed by atoms with Crippen molar-refractivity contribution in [2.24, 2.45) is 0 Å². The topological polar surface area (TPSA) is 0 Å². The molecule has 0 aliphatic heterocycles. The second-order valence-corrected chi connectivity index (χ2v) is 10.7. The number of hydrogen-bond acceptors (Lipinski definition) is 0. The third-order valence-electron chi connectivity index (χ3n) is 1.60. The number of halogens is 3. The quantitative estimate of drug-likeness (QED) is 0.520. The third kappa shape index (κ3) is 2.40. The summed E-state index contributed by atoms with van der Waals surface area (Å²) < 4.78 is 0. The van der Waals surface area contributed by atoms with Crippen LogP contribution in [0.25, 0.3) is 0 Å². The van der Waals surface area contributed by atoms with E-state index in [0.717, 1.165) is 10.8 Å². The second-order valence-electron chi connectivity index (χ2n) is 2.87. The molecule has 0 atom stereocenters. The first kappa shape index (κ1) is 10.4. The van der Waals surface area contributed by atoms with Crippen LogP contribution in [-0.4, -0.2) is 6.69 Å². The molecule has 0 fully saturated rings. The molecule has 0 bridgehead atoms. The molecule has 12 heavy (non-hydrogen) atoms. The van der Waals surface area contributed by atoms with Crippen molar-refractivity contribution >= 4 is 45.6 Å². The van der Waals surface area contributed by atoms with E-state index in [-0.39, 0.29) is 0 Å². The van der Waals surface area contributed by atoms with Gasteiger partial charge in [0, 0.05) is 5.02 Å². The lowest BCUT2D eigenvalue weighted by molar-refractivity contribution is 1.49. The Morgan fingerprint density at radius 2 is 1.83 bits per heavy atom. The summed E-state index contributed by atoms with van der Waals surface area (Å²) in [5.74, 6) is 0. The van der Waals surface area contributed by atoms with E-state index >= 15 is 0 Å². The summed E-state index contributed by atoms with van der Waals surface area (Å²) in [5.41, 5.74) is 1.12. The molecule has 0 nitrogen and oxygen atoms in total. The average Bonchev–Trinajstić information content (AvgIpc) is 1.83. The predicted molar refractivity (Wildman–Crippen MR) is 59.1 cm³/mol. The molecule has 0 radical (unpaired) electrons. The van der Waals surface area contributed by atoms with Gasteiger partial charge in [-0.3, -0.25) is 0 Å². The van der Waals surface area contributed by atoms with Gasteiger partial charge in [-0.25, -0.2) is 0 Å². The first-order valence-corrected chi connectivity index (χ1v) is 8.46. The fraction of sp³-hybridized carbons (Fsp3) is 0.250. The van der Waals surface area contributed by atoms with Crippen molar-refractivity contribution in [3.05, 3.63) is 28.8 Å². The molecule has 0 saturated heterocycles. The van der Waals surface area contributed by atoms with Crippen molar-refractivity contribution in [2.45, 2.75) is 13.5 Å². The lowest BCUT2D eigenvalue weighted by atomic mass is 10.2. The van der Waals surface area contributed by atoms with Gasteiger partial charge in [0.2, 0.25) is 0 Å². The Morgan fingerprint density at radius 3 is 2.25 bits per heavy atom. The van der Waals surface area contributed by atoms with Crippen LogP contribution in [0, 0.1) is 6.92 Å². The Balaban J connectivity index is 3.19. The van der Waals surface area contributed by atoms with E-state index in [1.165, 1.54) is 0 Å². The molecule has 0 saturated carbocycles. The van der Waals surface area contributed by atoms with Crippen LogP contribution in [0.3, 0.4) is 0 Å². The summed E-state index contributed by atoms with van der Waals surface area (Å²) in [6.07, 6.45) is 0. The number of aryl methyl sites for hydroxylation is 1. The van der Waals surface area contributed by atoms with Gasteiger partial charge in [-0.05, 0) is 30.3 Å². The summed E-state index contributed by atoms with van der Waals surface area (Å²) in [5, 5.41) is 1.56. The lowest BCUT2D eigenvalue weighted by Gasteiger charge is -2.12. The smallest absolute Gasteiger partial charge is 0.140 e. The molecule has 0 aliphatic rings. The molecule has 1 rings (SSSR count). The van der Waals surface area contributed by atoms with Gasteiger partial charge in [-0.1, -0.05) is 23.7 Å². The fourth-order valence-corrected chi connectivity index (χ4v) is 3.92. The fourth-order valence-electron chi connectivity index (χ4n) is 0.976. The minimum atomic E-state index is -2.29. The molecule has 66 valence electrons. The van der Waals surface area contributed by atoms with Crippen molar-refractivity contribution < 1.29 is 0 Å². The van der Waals surface area contributed by atoms with Crippen LogP contribution < -0.4 is 5.19 Å². The summed E-state index contributed by atoms with van der Waals surface area (Å²) >= 11 is 18.1. The molecule has 4 heteroatoms. The SMILES string of the molecule is Cc1ccc([Si](C)(Cl)Cl)c(Cl)c1. The zero-order chi connectivity index (χ0) is 9.35. The number of hydrogen-bond donors (Lipinski definition) is 0. The predicted octanol–water partition coefficient (Wildman–Crippen LogP) is 3.41. The second kappa shape index (κ2) is 3.58. The van der Waals surface area contributed by atoms with Crippen molar-refractivity contribution in [3.63, 3.8) is 0 Å². The van der Waals surface area contributed by atoms with Crippen LogP contribution in [0.15, 0.2) is 18.2 Å². The standard InChI is InChI=1S/C8H9Cl3Si/c1-6-3-4-8(7(9)5-6)12(2,10)11/h3-5H,1-2H3. The van der Waals surface area contributed by atoms with Gasteiger partial charge >= 0.3 is 0 Å². The van der Waals surface area contributed by atoms with Gasteiger partial charge in [-0.2, -0.15) is 0 Å². The Morgan fingerprint density at radius 1 is 1.25 bits per heavy atom. The Hall–Kier alpha value is 0.307. The highest BCUT2D eigenvalue weighted by molar-refractivity contribution is 7.50. The number of rotatable bonds is 1. The van der Waals surface area contributed by atoms with Crippen molar-refractivity contribution in [3.8, 4) is 0 Å². The average molecular weight is 240 g/mol. The maximum atomic E-state index is 6.04. The maximum absolute atomic E-state index is 6.04. The highest BCUT2D eigenvalue weighted by Gasteiger charge is 2.26. The largest absolute Gasteiger partial charge is 0.279 e. The summed E-state index contributed by atoms with van der Waals surface area (Å²) in [7, 11) is 0. The van der Waals surface area contributed by atoms with Crippen LogP contribution in [-0.2, 0) is 0 Å². The van der Waals surface area contributed by atoms with Gasteiger partial charge in [0.1, 0.15) is 0 Å². The molecule has 0 spiro atoms. The monoisotopic (exact) mass is 238 g/mol. The van der Waals surface area contributed by atoms with Gasteiger partial charge < -0.3 is 0 Å². The molecule has 1 aromatic carbocycles. The zero-order valence-corrected chi connectivity index (χ0v) is 10.1. The van der Waals surface area contributed by atoms with E-state index in [1.54, 1.807) is 0 Å². The van der Waals surface area contributed by atoms with Crippen LogP contribution in [0.4, 0.5) is 0 Å². The highest BCUT2D eigenvalue weighted by atomic mass is 35.7. The maximum Gasteiger partial charge on any atom is 0.279 e. The lowest BCUT2D eigenvalue weighted by Crippen LogP contribution is -2.33. The van der Waals surface area contributed by atoms with Crippen LogP contribution >= 0.6 is 33.8 Å². The summed E-state index contributed by atoms with van der Waals surface area (Å²) in [6, 6.07) is 5.76. The van der Waals surface area contributed by atoms with Gasteiger partial charge in [0.25, 0.3) is 6.69 Å². The van der Waals surface area contributed by atoms with Crippen LogP contribution in [0.5, 0.6) is 0 Å². The van der Waals surface area contributed by atoms with Gasteiger partial charge in [0.15, 0.2) is 0 Å². The molecule has 0 amide bonds. The number of benzene rings is 1. The van der Waals surface area contributed by atoms with E-state index in [0.29, 0.717) is 5.02 Å². The highest BCUT2D eigenvalue weighted by Crippen LogP contribution is 2.20. The minimum Gasteiger partial charge on any atom is -0.140 e. The first-order valence-electron chi connectivity index (χ1n) is 3.55. The van der Waals surface area contributed by atoms with Crippen LogP contribution in [0.2, 0.25) is 11.6 Å². The third-order valence-corrected chi connectivity index (χ3v) is 4.67. The van der Waals surface area contributed by atoms with E-state index in [1.807, 2.05) is 31.7 Å². The van der Waals surface area contributed by atoms with E-state index in [4.69, 9.17) is 33.8 Å². The summed E-state index contributed by atoms with van der Waals surface area (Å²) in [4.78, 5) is 0. The molecule has 0 unspecified atom stereocenters. The molecular formula is C8H9Cl3Si. The molecular weight excluding hydrogens is 231 g/mol. The van der Waals surface area contributed by atoms with E-state index in [2.05, 4.69) is 0 Å². The van der Waals surface area contributed by atoms with Crippen molar-refractivity contribution in [2.75, 3.05) is 0 Å².